The fourth-order valence-corrected chi connectivity index (χ4v) is 2.36. The van der Waals surface area contributed by atoms with Crippen molar-refractivity contribution in [2.75, 3.05) is 10.6 Å². The summed E-state index contributed by atoms with van der Waals surface area (Å²) in [7, 11) is 0. The van der Waals surface area contributed by atoms with Crippen molar-refractivity contribution in [3.63, 3.8) is 0 Å². The van der Waals surface area contributed by atoms with Crippen molar-refractivity contribution in [3.05, 3.63) is 83.7 Å². The Morgan fingerprint density at radius 2 is 1.88 bits per heavy atom. The van der Waals surface area contributed by atoms with E-state index in [2.05, 4.69) is 15.6 Å². The monoisotopic (exact) mass is 328 g/mol. The summed E-state index contributed by atoms with van der Waals surface area (Å²) in [6, 6.07) is 20.2. The van der Waals surface area contributed by atoms with Crippen LogP contribution in [0, 0.1) is 18.3 Å². The predicted octanol–water partition coefficient (Wildman–Crippen LogP) is 4.26. The molecule has 0 saturated carbocycles. The number of nitrogens with one attached hydrogen (secondary N) is 2. The van der Waals surface area contributed by atoms with Crippen LogP contribution >= 0.6 is 0 Å². The van der Waals surface area contributed by atoms with Gasteiger partial charge in [0.25, 0.3) is 5.91 Å². The molecule has 122 valence electrons. The lowest BCUT2D eigenvalue weighted by Gasteiger charge is -2.10. The maximum atomic E-state index is 12.4. The molecule has 0 bridgehead atoms. The number of nitrogens with zero attached hydrogens (tertiary/aromatic N) is 2. The first kappa shape index (κ1) is 16.2. The molecule has 0 saturated heterocycles. The van der Waals surface area contributed by atoms with Gasteiger partial charge < -0.3 is 10.6 Å². The van der Waals surface area contributed by atoms with Crippen LogP contribution in [0.1, 0.15) is 21.6 Å². The second kappa shape index (κ2) is 7.28. The van der Waals surface area contributed by atoms with Gasteiger partial charge in [-0.05, 0) is 48.9 Å². The summed E-state index contributed by atoms with van der Waals surface area (Å²) in [5.41, 5.74) is 4.20. The molecule has 1 heterocycles. The van der Waals surface area contributed by atoms with Crippen LogP contribution in [0.5, 0.6) is 0 Å². The number of aromatic nitrogens is 1. The molecule has 3 aromatic rings. The summed E-state index contributed by atoms with van der Waals surface area (Å²) >= 11 is 0. The van der Waals surface area contributed by atoms with E-state index in [0.29, 0.717) is 16.9 Å². The topological polar surface area (TPSA) is 77.8 Å². The van der Waals surface area contributed by atoms with E-state index in [1.54, 1.807) is 42.6 Å². The fraction of sp³-hybridized carbons (Fsp3) is 0.0500. The van der Waals surface area contributed by atoms with Crippen LogP contribution in [0.3, 0.4) is 0 Å². The van der Waals surface area contributed by atoms with Crippen molar-refractivity contribution >= 4 is 23.0 Å². The van der Waals surface area contributed by atoms with Crippen LogP contribution in [0.2, 0.25) is 0 Å². The smallest absolute Gasteiger partial charge is 0.274 e. The number of aryl methyl sites for hydroxylation is 1. The molecule has 0 aliphatic heterocycles. The van der Waals surface area contributed by atoms with Crippen molar-refractivity contribution in [1.29, 1.82) is 5.26 Å². The largest absolute Gasteiger partial charge is 0.355 e. The molecule has 0 fully saturated rings. The average molecular weight is 328 g/mol. The first-order chi connectivity index (χ1) is 12.2. The molecule has 5 nitrogen and oxygen atoms in total. The maximum absolute atomic E-state index is 12.4. The number of amides is 1. The van der Waals surface area contributed by atoms with Gasteiger partial charge in [0.1, 0.15) is 5.69 Å². The maximum Gasteiger partial charge on any atom is 0.274 e. The number of rotatable bonds is 4. The molecule has 0 atom stereocenters. The number of hydrogen-bond acceptors (Lipinski definition) is 4. The molecule has 2 N–H and O–H groups in total. The van der Waals surface area contributed by atoms with Gasteiger partial charge in [-0.25, -0.2) is 0 Å². The van der Waals surface area contributed by atoms with Gasteiger partial charge in [-0.15, -0.1) is 0 Å². The zero-order chi connectivity index (χ0) is 17.6. The molecule has 0 unspecified atom stereocenters. The van der Waals surface area contributed by atoms with E-state index in [1.807, 2.05) is 37.3 Å². The van der Waals surface area contributed by atoms with E-state index in [0.717, 1.165) is 16.9 Å². The van der Waals surface area contributed by atoms with E-state index in [-0.39, 0.29) is 5.91 Å². The molecule has 0 radical (unpaired) electrons. The lowest BCUT2D eigenvalue weighted by atomic mass is 10.2. The number of para-hydroxylation sites is 1. The number of anilines is 3. The van der Waals surface area contributed by atoms with Crippen molar-refractivity contribution < 1.29 is 4.79 Å². The normalized spacial score (nSPS) is 9.92. The molecular weight excluding hydrogens is 312 g/mol. The van der Waals surface area contributed by atoms with Crippen LogP contribution in [-0.2, 0) is 0 Å². The van der Waals surface area contributed by atoms with Gasteiger partial charge in [0.2, 0.25) is 0 Å². The number of carbonyl (C=O) groups excluding carboxylic acids is 1. The van der Waals surface area contributed by atoms with E-state index < -0.39 is 0 Å². The molecule has 1 amide bonds. The van der Waals surface area contributed by atoms with Crippen molar-refractivity contribution in [2.45, 2.75) is 6.92 Å². The lowest BCUT2D eigenvalue weighted by Crippen LogP contribution is -2.14. The van der Waals surface area contributed by atoms with E-state index >= 15 is 0 Å². The zero-order valence-corrected chi connectivity index (χ0v) is 13.7. The Morgan fingerprint density at radius 3 is 2.68 bits per heavy atom. The quantitative estimate of drug-likeness (QED) is 0.750. The standard InChI is InChI=1S/C20H16N4O/c1-14-5-2-3-8-18(14)23-17-9-10-22-19(12-17)20(25)24-16-7-4-6-15(11-16)13-21/h2-12H,1H3,(H,22,23)(H,24,25). The Morgan fingerprint density at radius 1 is 1.04 bits per heavy atom. The van der Waals surface area contributed by atoms with Crippen molar-refractivity contribution in [1.82, 2.24) is 4.98 Å². The summed E-state index contributed by atoms with van der Waals surface area (Å²) in [5, 5.41) is 15.0. The van der Waals surface area contributed by atoms with Crippen LogP contribution in [0.25, 0.3) is 0 Å². The predicted molar refractivity (Wildman–Crippen MR) is 97.8 cm³/mol. The van der Waals surface area contributed by atoms with Crippen LogP contribution < -0.4 is 10.6 Å². The Labute approximate surface area is 146 Å². The molecule has 25 heavy (non-hydrogen) atoms. The molecular formula is C20H16N4O. The van der Waals surface area contributed by atoms with Crippen LogP contribution in [0.15, 0.2) is 66.9 Å². The Hall–Kier alpha value is -3.65. The van der Waals surface area contributed by atoms with Gasteiger partial charge in [0.15, 0.2) is 0 Å². The first-order valence-electron chi connectivity index (χ1n) is 7.76. The van der Waals surface area contributed by atoms with Gasteiger partial charge in [0.05, 0.1) is 11.6 Å². The number of pyridine rings is 1. The minimum absolute atomic E-state index is 0.293. The van der Waals surface area contributed by atoms with E-state index in [4.69, 9.17) is 5.26 Å². The van der Waals surface area contributed by atoms with Crippen LogP contribution in [0.4, 0.5) is 17.1 Å². The number of carbonyl (C=O) groups is 1. The molecule has 5 heteroatoms. The summed E-state index contributed by atoms with van der Waals surface area (Å²) in [5.74, 6) is -0.330. The average Bonchev–Trinajstić information content (AvgIpc) is 2.64. The van der Waals surface area contributed by atoms with Gasteiger partial charge >= 0.3 is 0 Å². The lowest BCUT2D eigenvalue weighted by molar-refractivity contribution is 0.102. The molecule has 2 aromatic carbocycles. The summed E-state index contributed by atoms with van der Waals surface area (Å²) in [6.07, 6.45) is 1.58. The van der Waals surface area contributed by atoms with Crippen molar-refractivity contribution in [3.8, 4) is 6.07 Å². The first-order valence-corrected chi connectivity index (χ1v) is 7.76. The Kier molecular flexibility index (Phi) is 4.72. The molecule has 0 aliphatic carbocycles. The van der Waals surface area contributed by atoms with Gasteiger partial charge in [-0.1, -0.05) is 24.3 Å². The zero-order valence-electron chi connectivity index (χ0n) is 13.7. The summed E-state index contributed by atoms with van der Waals surface area (Å²) < 4.78 is 0. The highest BCUT2D eigenvalue weighted by atomic mass is 16.1. The highest BCUT2D eigenvalue weighted by Crippen LogP contribution is 2.20. The SMILES string of the molecule is Cc1ccccc1Nc1ccnc(C(=O)Nc2cccc(C#N)c2)c1. The molecule has 3 rings (SSSR count). The number of benzene rings is 2. The van der Waals surface area contributed by atoms with Crippen molar-refractivity contribution in [2.24, 2.45) is 0 Å². The minimum atomic E-state index is -0.330. The fourth-order valence-electron chi connectivity index (χ4n) is 2.36. The van der Waals surface area contributed by atoms with Gasteiger partial charge in [-0.3, -0.25) is 9.78 Å². The Balaban J connectivity index is 1.77. The Bertz CT molecular complexity index is 960. The number of hydrogen-bond donors (Lipinski definition) is 2. The third-order valence-corrected chi connectivity index (χ3v) is 3.67. The third-order valence-electron chi connectivity index (χ3n) is 3.67. The van der Waals surface area contributed by atoms with Crippen LogP contribution in [-0.4, -0.2) is 10.9 Å². The van der Waals surface area contributed by atoms with E-state index in [1.165, 1.54) is 0 Å². The highest BCUT2D eigenvalue weighted by Gasteiger charge is 2.09. The number of nitriles is 1. The second-order valence-corrected chi connectivity index (χ2v) is 5.52. The molecule has 0 aliphatic rings. The molecule has 0 spiro atoms. The van der Waals surface area contributed by atoms with Gasteiger partial charge in [-0.2, -0.15) is 5.26 Å². The third kappa shape index (κ3) is 4.01. The minimum Gasteiger partial charge on any atom is -0.355 e. The highest BCUT2D eigenvalue weighted by molar-refractivity contribution is 6.03. The van der Waals surface area contributed by atoms with Gasteiger partial charge in [0, 0.05) is 23.3 Å². The summed E-state index contributed by atoms with van der Waals surface area (Å²) in [4.78, 5) is 16.5. The summed E-state index contributed by atoms with van der Waals surface area (Å²) in [6.45, 7) is 2.01. The van der Waals surface area contributed by atoms with E-state index in [9.17, 15) is 4.79 Å². The second-order valence-electron chi connectivity index (χ2n) is 5.52. The molecule has 1 aromatic heterocycles.